The number of benzene rings is 1. The molecule has 0 aliphatic heterocycles. The summed E-state index contributed by atoms with van der Waals surface area (Å²) in [7, 11) is 1.65. The van der Waals surface area contributed by atoms with Crippen molar-refractivity contribution >= 4 is 11.6 Å². The lowest BCUT2D eigenvalue weighted by Gasteiger charge is -2.18. The van der Waals surface area contributed by atoms with Crippen LogP contribution in [0.1, 0.15) is 13.3 Å². The first-order valence-electron chi connectivity index (χ1n) is 5.69. The van der Waals surface area contributed by atoms with Gasteiger partial charge in [0, 0.05) is 18.7 Å². The van der Waals surface area contributed by atoms with Gasteiger partial charge in [0.2, 0.25) is 0 Å². The van der Waals surface area contributed by atoms with Crippen molar-refractivity contribution in [3.05, 3.63) is 29.3 Å². The molecule has 0 saturated heterocycles. The molecular weight excluding hydrogens is 240 g/mol. The first kappa shape index (κ1) is 14.3. The predicted octanol–water partition coefficient (Wildman–Crippen LogP) is 2.75. The Morgan fingerprint density at radius 3 is 2.82 bits per heavy atom. The Morgan fingerprint density at radius 2 is 2.18 bits per heavy atom. The van der Waals surface area contributed by atoms with Crippen LogP contribution >= 0.6 is 11.6 Å². The van der Waals surface area contributed by atoms with Gasteiger partial charge in [-0.3, -0.25) is 0 Å². The topological polar surface area (TPSA) is 38.7 Å². The van der Waals surface area contributed by atoms with E-state index in [-0.39, 0.29) is 12.5 Å². The summed E-state index contributed by atoms with van der Waals surface area (Å²) in [5.74, 6) is 0.824. The Hall–Kier alpha value is -0.770. The molecule has 0 radical (unpaired) electrons. The van der Waals surface area contributed by atoms with Crippen LogP contribution in [0.15, 0.2) is 24.3 Å². The van der Waals surface area contributed by atoms with Crippen molar-refractivity contribution in [2.24, 2.45) is 5.92 Å². The van der Waals surface area contributed by atoms with E-state index in [9.17, 15) is 5.11 Å². The molecule has 0 aromatic heterocycles. The highest BCUT2D eigenvalue weighted by atomic mass is 35.5. The van der Waals surface area contributed by atoms with Crippen molar-refractivity contribution in [1.82, 2.24) is 0 Å². The molecule has 0 aliphatic carbocycles. The molecule has 0 heterocycles. The van der Waals surface area contributed by atoms with Gasteiger partial charge in [-0.25, -0.2) is 0 Å². The third kappa shape index (κ3) is 5.39. The van der Waals surface area contributed by atoms with Crippen molar-refractivity contribution < 1.29 is 14.6 Å². The average Bonchev–Trinajstić information content (AvgIpc) is 2.33. The van der Waals surface area contributed by atoms with Crippen LogP contribution in [0, 0.1) is 5.92 Å². The molecule has 2 unspecified atom stereocenters. The van der Waals surface area contributed by atoms with Gasteiger partial charge in [-0.05, 0) is 30.5 Å². The molecule has 4 heteroatoms. The molecule has 96 valence electrons. The monoisotopic (exact) mass is 258 g/mol. The molecular formula is C13H19ClO3. The molecule has 0 spiro atoms. The number of ether oxygens (including phenoxy) is 2. The molecule has 17 heavy (non-hydrogen) atoms. The van der Waals surface area contributed by atoms with Crippen LogP contribution in [-0.4, -0.2) is 31.5 Å². The normalized spacial score (nSPS) is 14.4. The second-order valence-corrected chi connectivity index (χ2v) is 4.53. The van der Waals surface area contributed by atoms with Gasteiger partial charge in [-0.2, -0.15) is 0 Å². The minimum Gasteiger partial charge on any atom is -0.491 e. The van der Waals surface area contributed by atoms with E-state index in [1.165, 1.54) is 0 Å². The largest absolute Gasteiger partial charge is 0.491 e. The van der Waals surface area contributed by atoms with Crippen LogP contribution in [0.25, 0.3) is 0 Å². The summed E-state index contributed by atoms with van der Waals surface area (Å²) in [5.41, 5.74) is 0. The molecule has 3 nitrogen and oxygen atoms in total. The first-order chi connectivity index (χ1) is 8.13. The van der Waals surface area contributed by atoms with Crippen molar-refractivity contribution in [2.45, 2.75) is 19.4 Å². The number of hydrogen-bond donors (Lipinski definition) is 1. The Kier molecular flexibility index (Phi) is 6.34. The zero-order chi connectivity index (χ0) is 12.7. The summed E-state index contributed by atoms with van der Waals surface area (Å²) in [6.07, 6.45) is 0.320. The molecule has 1 aromatic carbocycles. The van der Waals surface area contributed by atoms with Crippen molar-refractivity contribution in [3.63, 3.8) is 0 Å². The Labute approximate surface area is 107 Å². The van der Waals surface area contributed by atoms with Gasteiger partial charge in [-0.15, -0.1) is 0 Å². The van der Waals surface area contributed by atoms with Crippen molar-refractivity contribution in [1.29, 1.82) is 0 Å². The van der Waals surface area contributed by atoms with Gasteiger partial charge < -0.3 is 14.6 Å². The molecule has 0 saturated carbocycles. The van der Waals surface area contributed by atoms with Gasteiger partial charge in [0.25, 0.3) is 0 Å². The summed E-state index contributed by atoms with van der Waals surface area (Å²) in [6.45, 7) is 2.89. The van der Waals surface area contributed by atoms with E-state index in [4.69, 9.17) is 21.1 Å². The zero-order valence-electron chi connectivity index (χ0n) is 10.2. The molecule has 1 aromatic rings. The molecule has 1 N–H and O–H groups in total. The second kappa shape index (κ2) is 7.54. The lowest BCUT2D eigenvalue weighted by Crippen LogP contribution is -2.26. The van der Waals surface area contributed by atoms with E-state index in [2.05, 4.69) is 0 Å². The van der Waals surface area contributed by atoms with Gasteiger partial charge in [0.15, 0.2) is 0 Å². The molecule has 0 fully saturated rings. The Balaban J connectivity index is 2.34. The minimum atomic E-state index is -0.496. The summed E-state index contributed by atoms with van der Waals surface area (Å²) in [5, 5.41) is 10.5. The van der Waals surface area contributed by atoms with Crippen LogP contribution in [0.3, 0.4) is 0 Å². The SMILES string of the molecule is COCCC(C)C(O)COc1cccc(Cl)c1. The number of halogens is 1. The predicted molar refractivity (Wildman–Crippen MR) is 68.6 cm³/mol. The Bertz CT molecular complexity index is 330. The van der Waals surface area contributed by atoms with Crippen molar-refractivity contribution in [3.8, 4) is 5.75 Å². The number of hydrogen-bond acceptors (Lipinski definition) is 3. The fourth-order valence-electron chi connectivity index (χ4n) is 1.40. The third-order valence-corrected chi connectivity index (χ3v) is 2.89. The number of aliphatic hydroxyl groups is 1. The van der Waals surface area contributed by atoms with Gasteiger partial charge >= 0.3 is 0 Å². The van der Waals surface area contributed by atoms with Gasteiger partial charge in [0.05, 0.1) is 6.10 Å². The zero-order valence-corrected chi connectivity index (χ0v) is 11.0. The van der Waals surface area contributed by atoms with Crippen molar-refractivity contribution in [2.75, 3.05) is 20.3 Å². The Morgan fingerprint density at radius 1 is 1.41 bits per heavy atom. The number of rotatable bonds is 7. The maximum absolute atomic E-state index is 9.86. The smallest absolute Gasteiger partial charge is 0.120 e. The van der Waals surface area contributed by atoms with Crippen LogP contribution in [-0.2, 0) is 4.74 Å². The average molecular weight is 259 g/mol. The van der Waals surface area contributed by atoms with Crippen LogP contribution < -0.4 is 4.74 Å². The molecule has 1 rings (SSSR count). The van der Waals surface area contributed by atoms with E-state index >= 15 is 0 Å². The maximum atomic E-state index is 9.86. The summed E-state index contributed by atoms with van der Waals surface area (Å²) in [6, 6.07) is 7.15. The van der Waals surface area contributed by atoms with Crippen LogP contribution in [0.5, 0.6) is 5.75 Å². The van der Waals surface area contributed by atoms with E-state index < -0.39 is 6.10 Å². The summed E-state index contributed by atoms with van der Waals surface area (Å²) >= 11 is 5.83. The lowest BCUT2D eigenvalue weighted by atomic mass is 10.0. The fraction of sp³-hybridized carbons (Fsp3) is 0.538. The van der Waals surface area contributed by atoms with Crippen LogP contribution in [0.4, 0.5) is 0 Å². The highest BCUT2D eigenvalue weighted by Crippen LogP contribution is 2.18. The molecule has 0 bridgehead atoms. The molecule has 0 aliphatic rings. The van der Waals surface area contributed by atoms with E-state index in [0.29, 0.717) is 17.4 Å². The standard InChI is InChI=1S/C13H19ClO3/c1-10(6-7-16-2)13(15)9-17-12-5-3-4-11(14)8-12/h3-5,8,10,13,15H,6-7,9H2,1-2H3. The highest BCUT2D eigenvalue weighted by Gasteiger charge is 2.14. The molecule has 2 atom stereocenters. The minimum absolute atomic E-state index is 0.147. The number of methoxy groups -OCH3 is 1. The molecule has 0 amide bonds. The first-order valence-corrected chi connectivity index (χ1v) is 6.06. The third-order valence-electron chi connectivity index (χ3n) is 2.65. The van der Waals surface area contributed by atoms with E-state index in [1.54, 1.807) is 19.2 Å². The van der Waals surface area contributed by atoms with Gasteiger partial charge in [0.1, 0.15) is 12.4 Å². The fourth-order valence-corrected chi connectivity index (χ4v) is 1.58. The second-order valence-electron chi connectivity index (χ2n) is 4.09. The summed E-state index contributed by atoms with van der Waals surface area (Å²) in [4.78, 5) is 0. The highest BCUT2D eigenvalue weighted by molar-refractivity contribution is 6.30. The maximum Gasteiger partial charge on any atom is 0.120 e. The lowest BCUT2D eigenvalue weighted by molar-refractivity contribution is 0.0484. The number of aliphatic hydroxyl groups excluding tert-OH is 1. The van der Waals surface area contributed by atoms with E-state index in [1.807, 2.05) is 19.1 Å². The van der Waals surface area contributed by atoms with Crippen LogP contribution in [0.2, 0.25) is 5.02 Å². The summed E-state index contributed by atoms with van der Waals surface area (Å²) < 4.78 is 10.4. The quantitative estimate of drug-likeness (QED) is 0.817. The van der Waals surface area contributed by atoms with E-state index in [0.717, 1.165) is 6.42 Å². The van der Waals surface area contributed by atoms with Gasteiger partial charge in [-0.1, -0.05) is 24.6 Å².